The van der Waals surface area contributed by atoms with Crippen molar-refractivity contribution in [3.63, 3.8) is 0 Å². The summed E-state index contributed by atoms with van der Waals surface area (Å²) < 4.78 is 0. The van der Waals surface area contributed by atoms with E-state index >= 15 is 0 Å². The molecule has 3 amide bonds. The number of nitrogens with zero attached hydrogens (tertiary/aromatic N) is 2. The number of amides is 3. The first-order valence-electron chi connectivity index (χ1n) is 4.36. The molecule has 0 radical (unpaired) electrons. The molecule has 0 spiro atoms. The number of nitrogens with two attached hydrogens (primary N) is 1. The van der Waals surface area contributed by atoms with E-state index in [1.807, 2.05) is 0 Å². The van der Waals surface area contributed by atoms with Gasteiger partial charge in [-0.1, -0.05) is 0 Å². The van der Waals surface area contributed by atoms with Crippen LogP contribution in [0.15, 0.2) is 0 Å². The van der Waals surface area contributed by atoms with Crippen LogP contribution in [0.4, 0.5) is 0 Å². The van der Waals surface area contributed by atoms with E-state index in [1.165, 1.54) is 11.8 Å². The molecule has 1 fully saturated rings. The molecule has 1 heterocycles. The molecule has 0 aromatic rings. The lowest BCUT2D eigenvalue weighted by molar-refractivity contribution is -0.146. The number of carbonyl (C=O) groups is 3. The van der Waals surface area contributed by atoms with Crippen LogP contribution in [0.25, 0.3) is 0 Å². The van der Waals surface area contributed by atoms with Crippen molar-refractivity contribution in [1.29, 1.82) is 0 Å². The van der Waals surface area contributed by atoms with Crippen molar-refractivity contribution in [1.82, 2.24) is 9.80 Å². The number of primary amides is 1. The number of hydrogen-bond donors (Lipinski definition) is 1. The second-order valence-electron chi connectivity index (χ2n) is 3.16. The Morgan fingerprint density at radius 1 is 1.00 bits per heavy atom. The van der Waals surface area contributed by atoms with Gasteiger partial charge in [0.15, 0.2) is 0 Å². The molecule has 1 rings (SSSR count). The van der Waals surface area contributed by atoms with E-state index in [4.69, 9.17) is 5.73 Å². The van der Waals surface area contributed by atoms with Crippen LogP contribution in [0.2, 0.25) is 0 Å². The molecule has 0 aromatic carbocycles. The summed E-state index contributed by atoms with van der Waals surface area (Å²) in [5, 5.41) is 0. The standard InChI is InChI=1S/C8H13N3O3/c1-6(12)10-2-4-11(5-3-10)8(14)7(9)13/h2-5H2,1H3,(H2,9,13). The lowest BCUT2D eigenvalue weighted by atomic mass is 10.3. The van der Waals surface area contributed by atoms with Crippen molar-refractivity contribution < 1.29 is 14.4 Å². The lowest BCUT2D eigenvalue weighted by Gasteiger charge is -2.33. The van der Waals surface area contributed by atoms with Crippen molar-refractivity contribution in [3.8, 4) is 0 Å². The third-order valence-corrected chi connectivity index (χ3v) is 2.22. The van der Waals surface area contributed by atoms with Crippen LogP contribution in [0, 0.1) is 0 Å². The summed E-state index contributed by atoms with van der Waals surface area (Å²) in [7, 11) is 0. The van der Waals surface area contributed by atoms with Crippen molar-refractivity contribution in [2.45, 2.75) is 6.92 Å². The number of hydrogen-bond acceptors (Lipinski definition) is 3. The second kappa shape index (κ2) is 4.08. The van der Waals surface area contributed by atoms with E-state index in [2.05, 4.69) is 0 Å². The van der Waals surface area contributed by atoms with Crippen molar-refractivity contribution in [3.05, 3.63) is 0 Å². The third-order valence-electron chi connectivity index (χ3n) is 2.22. The van der Waals surface area contributed by atoms with Crippen molar-refractivity contribution in [2.24, 2.45) is 5.73 Å². The second-order valence-corrected chi connectivity index (χ2v) is 3.16. The summed E-state index contributed by atoms with van der Waals surface area (Å²) in [5.74, 6) is -1.63. The monoisotopic (exact) mass is 199 g/mol. The maximum atomic E-state index is 11.1. The van der Waals surface area contributed by atoms with Crippen LogP contribution in [0.1, 0.15) is 6.92 Å². The van der Waals surface area contributed by atoms with E-state index in [1.54, 1.807) is 4.90 Å². The Morgan fingerprint density at radius 3 is 1.79 bits per heavy atom. The molecule has 1 aliphatic heterocycles. The first-order chi connectivity index (χ1) is 6.52. The first-order valence-corrected chi connectivity index (χ1v) is 4.36. The fourth-order valence-electron chi connectivity index (χ4n) is 1.38. The molecule has 0 aliphatic carbocycles. The summed E-state index contributed by atoms with van der Waals surface area (Å²) in [6.07, 6.45) is 0. The van der Waals surface area contributed by atoms with E-state index < -0.39 is 11.8 Å². The van der Waals surface area contributed by atoms with E-state index in [0.29, 0.717) is 26.2 Å². The average Bonchev–Trinajstić information content (AvgIpc) is 2.16. The Bertz CT molecular complexity index is 269. The van der Waals surface area contributed by atoms with Gasteiger partial charge in [-0.15, -0.1) is 0 Å². The van der Waals surface area contributed by atoms with Gasteiger partial charge in [0, 0.05) is 33.1 Å². The summed E-state index contributed by atoms with van der Waals surface area (Å²) in [6, 6.07) is 0. The molecule has 0 bridgehead atoms. The highest BCUT2D eigenvalue weighted by Gasteiger charge is 2.24. The third kappa shape index (κ3) is 2.21. The van der Waals surface area contributed by atoms with Gasteiger partial charge in [-0.05, 0) is 0 Å². The molecule has 0 atom stereocenters. The highest BCUT2D eigenvalue weighted by atomic mass is 16.2. The smallest absolute Gasteiger partial charge is 0.311 e. The molecule has 2 N–H and O–H groups in total. The zero-order chi connectivity index (χ0) is 10.7. The van der Waals surface area contributed by atoms with Gasteiger partial charge >= 0.3 is 11.8 Å². The molecular formula is C8H13N3O3. The average molecular weight is 199 g/mol. The molecule has 0 aromatic heterocycles. The topological polar surface area (TPSA) is 83.7 Å². The minimum atomic E-state index is -0.943. The quantitative estimate of drug-likeness (QED) is 0.465. The molecule has 0 saturated carbocycles. The molecule has 14 heavy (non-hydrogen) atoms. The normalized spacial score (nSPS) is 16.6. The maximum absolute atomic E-state index is 11.1. The Kier molecular flexibility index (Phi) is 3.06. The van der Waals surface area contributed by atoms with Crippen LogP contribution in [-0.2, 0) is 14.4 Å². The number of carbonyl (C=O) groups excluding carboxylic acids is 3. The summed E-state index contributed by atoms with van der Waals surface area (Å²) in [5.41, 5.74) is 4.85. The minimum Gasteiger partial charge on any atom is -0.361 e. The van der Waals surface area contributed by atoms with Crippen LogP contribution in [-0.4, -0.2) is 53.7 Å². The Balaban J connectivity index is 2.47. The largest absolute Gasteiger partial charge is 0.361 e. The Labute approximate surface area is 81.6 Å². The first kappa shape index (κ1) is 10.5. The predicted octanol–water partition coefficient (Wildman–Crippen LogP) is -1.84. The summed E-state index contributed by atoms with van der Waals surface area (Å²) >= 11 is 0. The van der Waals surface area contributed by atoms with Crippen LogP contribution in [0.5, 0.6) is 0 Å². The number of piperazine rings is 1. The Hall–Kier alpha value is -1.59. The molecule has 0 unspecified atom stereocenters. The van der Waals surface area contributed by atoms with Crippen LogP contribution >= 0.6 is 0 Å². The molecule has 6 nitrogen and oxygen atoms in total. The van der Waals surface area contributed by atoms with Crippen LogP contribution < -0.4 is 5.73 Å². The van der Waals surface area contributed by atoms with Crippen molar-refractivity contribution in [2.75, 3.05) is 26.2 Å². The molecule has 1 saturated heterocycles. The zero-order valence-corrected chi connectivity index (χ0v) is 8.02. The van der Waals surface area contributed by atoms with Gasteiger partial charge in [-0.3, -0.25) is 14.4 Å². The zero-order valence-electron chi connectivity index (χ0n) is 8.02. The van der Waals surface area contributed by atoms with Gasteiger partial charge in [-0.25, -0.2) is 0 Å². The molecule has 6 heteroatoms. The van der Waals surface area contributed by atoms with Gasteiger partial charge in [0.05, 0.1) is 0 Å². The molecule has 1 aliphatic rings. The molecular weight excluding hydrogens is 186 g/mol. The minimum absolute atomic E-state index is 0.0174. The van der Waals surface area contributed by atoms with E-state index in [0.717, 1.165) is 0 Å². The highest BCUT2D eigenvalue weighted by molar-refractivity contribution is 6.34. The van der Waals surface area contributed by atoms with Gasteiger partial charge in [0.25, 0.3) is 0 Å². The Morgan fingerprint density at radius 2 is 1.43 bits per heavy atom. The fraction of sp³-hybridized carbons (Fsp3) is 0.625. The summed E-state index contributed by atoms with van der Waals surface area (Å²) in [4.78, 5) is 35.6. The highest BCUT2D eigenvalue weighted by Crippen LogP contribution is 2.01. The van der Waals surface area contributed by atoms with Gasteiger partial charge in [0.2, 0.25) is 5.91 Å². The van der Waals surface area contributed by atoms with Crippen LogP contribution in [0.3, 0.4) is 0 Å². The van der Waals surface area contributed by atoms with E-state index in [9.17, 15) is 14.4 Å². The molecule has 78 valence electrons. The predicted molar refractivity (Wildman–Crippen MR) is 48.0 cm³/mol. The SMILES string of the molecule is CC(=O)N1CCN(C(=O)C(N)=O)CC1. The van der Waals surface area contributed by atoms with Gasteiger partial charge in [0.1, 0.15) is 0 Å². The van der Waals surface area contributed by atoms with Gasteiger partial charge in [-0.2, -0.15) is 0 Å². The lowest BCUT2D eigenvalue weighted by Crippen LogP contribution is -2.52. The fourth-order valence-corrected chi connectivity index (χ4v) is 1.38. The maximum Gasteiger partial charge on any atom is 0.311 e. The number of rotatable bonds is 0. The van der Waals surface area contributed by atoms with Gasteiger partial charge < -0.3 is 15.5 Å². The van der Waals surface area contributed by atoms with E-state index in [-0.39, 0.29) is 5.91 Å². The summed E-state index contributed by atoms with van der Waals surface area (Å²) in [6.45, 7) is 3.16. The van der Waals surface area contributed by atoms with Crippen molar-refractivity contribution >= 4 is 17.7 Å².